The molecule has 0 bridgehead atoms. The zero-order chi connectivity index (χ0) is 13.9. The molecule has 106 valence electrons. The van der Waals surface area contributed by atoms with Crippen LogP contribution in [-0.4, -0.2) is 34.2 Å². The monoisotopic (exact) mass is 284 g/mol. The molecule has 0 aliphatic carbocycles. The zero-order valence-corrected chi connectivity index (χ0v) is 12.0. The van der Waals surface area contributed by atoms with E-state index in [4.69, 9.17) is 4.74 Å². The summed E-state index contributed by atoms with van der Waals surface area (Å²) in [4.78, 5) is 0.297. The van der Waals surface area contributed by atoms with Gasteiger partial charge in [-0.25, -0.2) is 13.1 Å². The van der Waals surface area contributed by atoms with Crippen molar-refractivity contribution in [2.45, 2.75) is 36.8 Å². The van der Waals surface area contributed by atoms with Gasteiger partial charge in [-0.3, -0.25) is 0 Å². The second-order valence-electron chi connectivity index (χ2n) is 4.80. The van der Waals surface area contributed by atoms with Crippen LogP contribution in [0.2, 0.25) is 0 Å². The Balaban J connectivity index is 2.08. The van der Waals surface area contributed by atoms with Gasteiger partial charge in [-0.15, -0.1) is 0 Å². The normalized spacial score (nSPS) is 24.1. The maximum absolute atomic E-state index is 12.2. The van der Waals surface area contributed by atoms with Gasteiger partial charge in [-0.2, -0.15) is 0 Å². The Labute approximate surface area is 114 Å². The molecular weight excluding hydrogens is 264 g/mol. The van der Waals surface area contributed by atoms with Crippen molar-refractivity contribution in [3.8, 4) is 0 Å². The van der Waals surface area contributed by atoms with Crippen LogP contribution < -0.4 is 10.0 Å². The first-order valence-corrected chi connectivity index (χ1v) is 7.91. The van der Waals surface area contributed by atoms with Gasteiger partial charge < -0.3 is 10.1 Å². The Morgan fingerprint density at radius 2 is 1.95 bits per heavy atom. The summed E-state index contributed by atoms with van der Waals surface area (Å²) in [6.45, 7) is 2.56. The maximum Gasteiger partial charge on any atom is 0.240 e. The van der Waals surface area contributed by atoms with Gasteiger partial charge in [0.25, 0.3) is 0 Å². The number of rotatable bonds is 4. The molecule has 0 saturated carbocycles. The first-order valence-electron chi connectivity index (χ1n) is 6.43. The molecule has 0 radical (unpaired) electrons. The van der Waals surface area contributed by atoms with E-state index >= 15 is 0 Å². The van der Waals surface area contributed by atoms with E-state index in [2.05, 4.69) is 10.0 Å². The van der Waals surface area contributed by atoms with Gasteiger partial charge in [0.1, 0.15) is 0 Å². The van der Waals surface area contributed by atoms with Gasteiger partial charge in [0.2, 0.25) is 10.0 Å². The molecular formula is C13H20N2O3S. The number of hydrogen-bond donors (Lipinski definition) is 2. The molecule has 0 amide bonds. The summed E-state index contributed by atoms with van der Waals surface area (Å²) in [5.74, 6) is 0. The van der Waals surface area contributed by atoms with Crippen molar-refractivity contribution in [2.24, 2.45) is 0 Å². The highest BCUT2D eigenvalue weighted by molar-refractivity contribution is 7.89. The number of ether oxygens (including phenoxy) is 1. The molecule has 2 N–H and O–H groups in total. The topological polar surface area (TPSA) is 67.4 Å². The van der Waals surface area contributed by atoms with Crippen molar-refractivity contribution < 1.29 is 13.2 Å². The second kappa shape index (κ2) is 5.90. The van der Waals surface area contributed by atoms with Crippen LogP contribution in [0.1, 0.15) is 19.8 Å². The molecule has 1 saturated heterocycles. The van der Waals surface area contributed by atoms with E-state index in [1.54, 1.807) is 31.3 Å². The third-order valence-corrected chi connectivity index (χ3v) is 4.80. The largest absolute Gasteiger partial charge is 0.388 e. The Hall–Kier alpha value is -1.11. The Morgan fingerprint density at radius 1 is 1.26 bits per heavy atom. The van der Waals surface area contributed by atoms with Crippen LogP contribution in [0.15, 0.2) is 29.2 Å². The highest BCUT2D eigenvalue weighted by Crippen LogP contribution is 2.18. The quantitative estimate of drug-likeness (QED) is 0.881. The van der Waals surface area contributed by atoms with Gasteiger partial charge in [-0.05, 0) is 44.0 Å². The van der Waals surface area contributed by atoms with Crippen molar-refractivity contribution in [1.29, 1.82) is 0 Å². The molecule has 2 atom stereocenters. The third kappa shape index (κ3) is 3.68. The minimum atomic E-state index is -3.44. The Morgan fingerprint density at radius 3 is 2.53 bits per heavy atom. The summed E-state index contributed by atoms with van der Waals surface area (Å²) in [6, 6.07) is 6.67. The fraction of sp³-hybridized carbons (Fsp3) is 0.538. The number of nitrogens with one attached hydrogen (secondary N) is 2. The molecule has 2 rings (SSSR count). The average molecular weight is 284 g/mol. The van der Waals surface area contributed by atoms with E-state index < -0.39 is 10.0 Å². The lowest BCUT2D eigenvalue weighted by atomic mass is 10.1. The van der Waals surface area contributed by atoms with Crippen LogP contribution in [0.3, 0.4) is 0 Å². The Kier molecular flexibility index (Phi) is 4.44. The fourth-order valence-corrected chi connectivity index (χ4v) is 3.48. The average Bonchev–Trinajstić information content (AvgIpc) is 2.38. The lowest BCUT2D eigenvalue weighted by Gasteiger charge is -2.27. The van der Waals surface area contributed by atoms with E-state index in [1.807, 2.05) is 6.92 Å². The van der Waals surface area contributed by atoms with Gasteiger partial charge in [0.15, 0.2) is 0 Å². The lowest BCUT2D eigenvalue weighted by Crippen LogP contribution is -2.41. The fourth-order valence-electron chi connectivity index (χ4n) is 2.19. The maximum atomic E-state index is 12.2. The van der Waals surface area contributed by atoms with E-state index in [-0.39, 0.29) is 12.1 Å². The molecule has 6 heteroatoms. The van der Waals surface area contributed by atoms with Crippen LogP contribution in [0.4, 0.5) is 5.69 Å². The molecule has 1 heterocycles. The summed E-state index contributed by atoms with van der Waals surface area (Å²) >= 11 is 0. The van der Waals surface area contributed by atoms with Gasteiger partial charge in [0.05, 0.1) is 11.0 Å². The summed E-state index contributed by atoms with van der Waals surface area (Å²) in [5, 5.41) is 2.96. The molecule has 19 heavy (non-hydrogen) atoms. The summed E-state index contributed by atoms with van der Waals surface area (Å²) in [5.41, 5.74) is 0.888. The first kappa shape index (κ1) is 14.3. The molecule has 1 aromatic rings. The minimum absolute atomic E-state index is 0.0438. The first-order chi connectivity index (χ1) is 9.01. The van der Waals surface area contributed by atoms with Crippen LogP contribution in [0.5, 0.6) is 0 Å². The van der Waals surface area contributed by atoms with Crippen molar-refractivity contribution in [3.63, 3.8) is 0 Å². The van der Waals surface area contributed by atoms with Gasteiger partial charge in [-0.1, -0.05) is 0 Å². The van der Waals surface area contributed by atoms with E-state index in [0.29, 0.717) is 17.9 Å². The van der Waals surface area contributed by atoms with Crippen molar-refractivity contribution in [3.05, 3.63) is 24.3 Å². The van der Waals surface area contributed by atoms with Crippen LogP contribution in [0.25, 0.3) is 0 Å². The number of anilines is 1. The van der Waals surface area contributed by atoms with Crippen LogP contribution in [-0.2, 0) is 14.8 Å². The molecule has 0 aromatic heterocycles. The standard InChI is InChI=1S/C13H20N2O3S/c1-10-9-12(7-8-18-10)15-19(16,17)13-5-3-11(14-2)4-6-13/h3-6,10,12,14-15H,7-9H2,1-2H3. The smallest absolute Gasteiger partial charge is 0.240 e. The molecule has 1 aliphatic rings. The summed E-state index contributed by atoms with van der Waals surface area (Å²) in [6.07, 6.45) is 1.54. The molecule has 1 aromatic carbocycles. The molecule has 0 spiro atoms. The van der Waals surface area contributed by atoms with E-state index in [9.17, 15) is 8.42 Å². The third-order valence-electron chi connectivity index (χ3n) is 3.26. The lowest BCUT2D eigenvalue weighted by molar-refractivity contribution is 0.0173. The second-order valence-corrected chi connectivity index (χ2v) is 6.51. The minimum Gasteiger partial charge on any atom is -0.388 e. The number of hydrogen-bond acceptors (Lipinski definition) is 4. The predicted molar refractivity (Wildman–Crippen MR) is 74.7 cm³/mol. The van der Waals surface area contributed by atoms with Crippen molar-refractivity contribution in [2.75, 3.05) is 19.0 Å². The van der Waals surface area contributed by atoms with Crippen molar-refractivity contribution in [1.82, 2.24) is 4.72 Å². The number of benzene rings is 1. The van der Waals surface area contributed by atoms with Crippen molar-refractivity contribution >= 4 is 15.7 Å². The molecule has 2 unspecified atom stereocenters. The van der Waals surface area contributed by atoms with Gasteiger partial charge in [0, 0.05) is 25.4 Å². The predicted octanol–water partition coefficient (Wildman–Crippen LogP) is 1.57. The molecule has 5 nitrogen and oxygen atoms in total. The number of sulfonamides is 1. The SMILES string of the molecule is CNc1ccc(S(=O)(=O)NC2CCOC(C)C2)cc1. The van der Waals surface area contributed by atoms with Crippen LogP contribution in [0, 0.1) is 0 Å². The molecule has 1 aliphatic heterocycles. The highest BCUT2D eigenvalue weighted by atomic mass is 32.2. The highest BCUT2D eigenvalue weighted by Gasteiger charge is 2.24. The Bertz CT molecular complexity index is 513. The van der Waals surface area contributed by atoms with E-state index in [0.717, 1.165) is 12.1 Å². The summed E-state index contributed by atoms with van der Waals surface area (Å²) < 4.78 is 32.6. The van der Waals surface area contributed by atoms with Gasteiger partial charge >= 0.3 is 0 Å². The van der Waals surface area contributed by atoms with E-state index in [1.165, 1.54) is 0 Å². The van der Waals surface area contributed by atoms with Crippen LogP contribution >= 0.6 is 0 Å². The molecule has 1 fully saturated rings. The zero-order valence-electron chi connectivity index (χ0n) is 11.2. The summed E-state index contributed by atoms with van der Waals surface area (Å²) in [7, 11) is -1.64.